The molecule has 2 aromatic carbocycles. The summed E-state index contributed by atoms with van der Waals surface area (Å²) in [5, 5.41) is 0.457. The maximum Gasteiger partial charge on any atom is 0.416 e. The van der Waals surface area contributed by atoms with Gasteiger partial charge >= 0.3 is 6.09 Å². The highest BCUT2D eigenvalue weighted by Crippen LogP contribution is 2.35. The van der Waals surface area contributed by atoms with Crippen LogP contribution in [0.15, 0.2) is 53.6 Å². The predicted molar refractivity (Wildman–Crippen MR) is 159 cm³/mol. The summed E-state index contributed by atoms with van der Waals surface area (Å²) in [4.78, 5) is 27.6. The van der Waals surface area contributed by atoms with Gasteiger partial charge in [-0.25, -0.2) is 18.2 Å². The van der Waals surface area contributed by atoms with Gasteiger partial charge in [-0.2, -0.15) is 4.98 Å². The monoisotopic (exact) mass is 606 g/mol. The van der Waals surface area contributed by atoms with E-state index in [0.717, 1.165) is 11.3 Å². The minimum Gasteiger partial charge on any atom is -0.443 e. The Morgan fingerprint density at radius 1 is 1.07 bits per heavy atom. The van der Waals surface area contributed by atoms with Gasteiger partial charge in [0.25, 0.3) is 10.0 Å². The Balaban J connectivity index is 1.58. The second-order valence-electron chi connectivity index (χ2n) is 10.6. The molecular formula is C27H32Cl2N6O4S. The number of halogens is 2. The number of ether oxygens (including phenoxy) is 1. The van der Waals surface area contributed by atoms with Crippen LogP contribution in [0.25, 0.3) is 0 Å². The molecule has 0 radical (unpaired) electrons. The van der Waals surface area contributed by atoms with E-state index in [1.807, 2.05) is 50.7 Å². The number of amides is 1. The minimum absolute atomic E-state index is 0.0267. The zero-order valence-electron chi connectivity index (χ0n) is 23.0. The van der Waals surface area contributed by atoms with Gasteiger partial charge in [-0.05, 0) is 89.3 Å². The summed E-state index contributed by atoms with van der Waals surface area (Å²) in [5.74, 6) is 0.857. The Morgan fingerprint density at radius 3 is 2.42 bits per heavy atom. The Bertz CT molecular complexity index is 1490. The molecule has 40 heavy (non-hydrogen) atoms. The second-order valence-corrected chi connectivity index (χ2v) is 13.2. The maximum atomic E-state index is 13.0. The lowest BCUT2D eigenvalue weighted by Crippen LogP contribution is -2.41. The number of fused-ring (bicyclic) bond motifs is 1. The number of likely N-dealkylation sites (N-methyl/N-ethyl adjacent to an activating group) is 1. The number of nitrogens with zero attached hydrogens (tertiary/aromatic N) is 5. The fourth-order valence-electron chi connectivity index (χ4n) is 4.11. The van der Waals surface area contributed by atoms with E-state index in [2.05, 4.69) is 9.71 Å². The number of rotatable bonds is 8. The quantitative estimate of drug-likeness (QED) is 0.354. The van der Waals surface area contributed by atoms with Crippen molar-refractivity contribution >= 4 is 62.5 Å². The normalized spacial score (nSPS) is 13.3. The van der Waals surface area contributed by atoms with Gasteiger partial charge in [-0.3, -0.25) is 9.62 Å². The van der Waals surface area contributed by atoms with Crippen LogP contribution in [-0.2, 0) is 21.2 Å². The lowest BCUT2D eigenvalue weighted by molar-refractivity contribution is 0.0577. The van der Waals surface area contributed by atoms with Crippen LogP contribution in [0.1, 0.15) is 26.3 Å². The van der Waals surface area contributed by atoms with Crippen molar-refractivity contribution in [3.63, 3.8) is 0 Å². The van der Waals surface area contributed by atoms with Crippen LogP contribution in [0.2, 0.25) is 10.0 Å². The van der Waals surface area contributed by atoms with E-state index in [9.17, 15) is 13.2 Å². The van der Waals surface area contributed by atoms with Gasteiger partial charge in [0.15, 0.2) is 0 Å². The Hall–Kier alpha value is -3.12. The molecule has 10 nitrogen and oxygen atoms in total. The number of aromatic nitrogens is 2. The number of hydrogen-bond acceptors (Lipinski definition) is 8. The van der Waals surface area contributed by atoms with Gasteiger partial charge in [0.05, 0.1) is 4.90 Å². The van der Waals surface area contributed by atoms with E-state index in [1.165, 1.54) is 23.1 Å². The van der Waals surface area contributed by atoms with Crippen molar-refractivity contribution in [1.82, 2.24) is 14.9 Å². The molecule has 4 rings (SSSR count). The van der Waals surface area contributed by atoms with Gasteiger partial charge in [0, 0.05) is 47.3 Å². The van der Waals surface area contributed by atoms with Crippen LogP contribution in [0, 0.1) is 0 Å². The molecule has 0 fully saturated rings. The zero-order chi connectivity index (χ0) is 29.2. The first-order valence-corrected chi connectivity index (χ1v) is 14.8. The standard InChI is InChI=1S/C27H32Cl2N6O4S/c1-27(2,3)39-26(36)35(13-12-33(4)5)24-8-10-30-25(31-24)34-11-9-18-14-21(6-7-23(18)34)32-40(37,38)22-16-19(28)15-20(29)17-22/h6-8,10,14-17,32H,9,11-13H2,1-5H3. The van der Waals surface area contributed by atoms with E-state index < -0.39 is 21.7 Å². The molecule has 214 valence electrons. The fraction of sp³-hybridized carbons (Fsp3) is 0.370. The number of carbonyl (C=O) groups excluding carboxylic acids is 1. The van der Waals surface area contributed by atoms with Crippen LogP contribution in [0.5, 0.6) is 0 Å². The summed E-state index contributed by atoms with van der Waals surface area (Å²) in [5.41, 5.74) is 1.53. The Labute approximate surface area is 244 Å². The van der Waals surface area contributed by atoms with E-state index in [4.69, 9.17) is 32.9 Å². The predicted octanol–water partition coefficient (Wildman–Crippen LogP) is 5.58. The van der Waals surface area contributed by atoms with Gasteiger partial charge in [0.2, 0.25) is 5.95 Å². The molecular weight excluding hydrogens is 575 g/mol. The third-order valence-corrected chi connectivity index (χ3v) is 7.70. The van der Waals surface area contributed by atoms with Crippen molar-refractivity contribution in [2.24, 2.45) is 0 Å². The van der Waals surface area contributed by atoms with Crippen LogP contribution in [0.3, 0.4) is 0 Å². The fourth-order valence-corrected chi connectivity index (χ4v) is 5.88. The average Bonchev–Trinajstić information content (AvgIpc) is 3.25. The van der Waals surface area contributed by atoms with Gasteiger partial charge in [-0.15, -0.1) is 0 Å². The molecule has 1 amide bonds. The number of anilines is 4. The van der Waals surface area contributed by atoms with E-state index in [1.54, 1.807) is 24.4 Å². The van der Waals surface area contributed by atoms with Crippen LogP contribution < -0.4 is 14.5 Å². The third kappa shape index (κ3) is 7.34. The summed E-state index contributed by atoms with van der Waals surface area (Å²) in [6, 6.07) is 11.1. The van der Waals surface area contributed by atoms with E-state index >= 15 is 0 Å². The highest BCUT2D eigenvalue weighted by atomic mass is 35.5. The van der Waals surface area contributed by atoms with Crippen LogP contribution >= 0.6 is 23.2 Å². The molecule has 0 bridgehead atoms. The van der Waals surface area contributed by atoms with Crippen molar-refractivity contribution in [3.8, 4) is 0 Å². The number of benzene rings is 2. The molecule has 0 saturated carbocycles. The highest BCUT2D eigenvalue weighted by Gasteiger charge is 2.28. The molecule has 1 aliphatic heterocycles. The molecule has 0 spiro atoms. The lowest BCUT2D eigenvalue weighted by Gasteiger charge is -2.28. The first-order valence-electron chi connectivity index (χ1n) is 12.6. The molecule has 0 aliphatic carbocycles. The summed E-state index contributed by atoms with van der Waals surface area (Å²) >= 11 is 12.0. The van der Waals surface area contributed by atoms with Crippen molar-refractivity contribution in [2.45, 2.75) is 37.7 Å². The summed E-state index contributed by atoms with van der Waals surface area (Å²) in [6.07, 6.45) is 1.78. The first-order chi connectivity index (χ1) is 18.7. The molecule has 1 N–H and O–H groups in total. The smallest absolute Gasteiger partial charge is 0.416 e. The van der Waals surface area contributed by atoms with Crippen molar-refractivity contribution in [1.29, 1.82) is 0 Å². The lowest BCUT2D eigenvalue weighted by atomic mass is 10.1. The molecule has 13 heteroatoms. The van der Waals surface area contributed by atoms with Crippen LogP contribution in [-0.4, -0.2) is 68.7 Å². The second kappa shape index (κ2) is 11.8. The highest BCUT2D eigenvalue weighted by molar-refractivity contribution is 7.92. The Morgan fingerprint density at radius 2 is 1.77 bits per heavy atom. The van der Waals surface area contributed by atoms with Crippen molar-refractivity contribution in [3.05, 3.63) is 64.3 Å². The van der Waals surface area contributed by atoms with Crippen molar-refractivity contribution in [2.75, 3.05) is 48.3 Å². The largest absolute Gasteiger partial charge is 0.443 e. The number of sulfonamides is 1. The molecule has 3 aromatic rings. The maximum absolute atomic E-state index is 13.0. The van der Waals surface area contributed by atoms with Gasteiger partial charge in [-0.1, -0.05) is 23.2 Å². The molecule has 1 aliphatic rings. The molecule has 0 atom stereocenters. The average molecular weight is 608 g/mol. The minimum atomic E-state index is -3.90. The Kier molecular flexibility index (Phi) is 8.79. The molecule has 1 aromatic heterocycles. The number of nitrogens with one attached hydrogen (secondary N) is 1. The SMILES string of the molecule is CN(C)CCN(C(=O)OC(C)(C)C)c1ccnc(N2CCc3cc(NS(=O)(=O)c4cc(Cl)cc(Cl)c4)ccc32)n1. The topological polar surface area (TPSA) is 108 Å². The molecule has 2 heterocycles. The number of carbonyl (C=O) groups is 1. The van der Waals surface area contributed by atoms with Gasteiger partial charge in [0.1, 0.15) is 11.4 Å². The molecule has 0 saturated heterocycles. The van der Waals surface area contributed by atoms with E-state index in [-0.39, 0.29) is 14.9 Å². The van der Waals surface area contributed by atoms with Crippen molar-refractivity contribution < 1.29 is 17.9 Å². The first kappa shape index (κ1) is 29.9. The molecule has 0 unspecified atom stereocenters. The number of hydrogen-bond donors (Lipinski definition) is 1. The summed E-state index contributed by atoms with van der Waals surface area (Å²) < 4.78 is 34.1. The van der Waals surface area contributed by atoms with E-state index in [0.29, 0.717) is 43.5 Å². The zero-order valence-corrected chi connectivity index (χ0v) is 25.3. The third-order valence-electron chi connectivity index (χ3n) is 5.90. The van der Waals surface area contributed by atoms with Gasteiger partial charge < -0.3 is 14.5 Å². The summed E-state index contributed by atoms with van der Waals surface area (Å²) in [7, 11) is -0.0417. The summed E-state index contributed by atoms with van der Waals surface area (Å²) in [6.45, 7) is 7.05. The van der Waals surface area contributed by atoms with Crippen LogP contribution in [0.4, 0.5) is 27.9 Å².